The third-order valence-corrected chi connectivity index (χ3v) is 6.00. The molecule has 2 aromatic rings. The first-order valence-corrected chi connectivity index (χ1v) is 11.2. The summed E-state index contributed by atoms with van der Waals surface area (Å²) in [6, 6.07) is 11.4. The van der Waals surface area contributed by atoms with E-state index in [-0.39, 0.29) is 21.7 Å². The normalized spacial score (nSPS) is 11.4. The van der Waals surface area contributed by atoms with Gasteiger partial charge in [0.05, 0.1) is 5.02 Å². The number of nitrogens with zero attached hydrogens (tertiary/aromatic N) is 1. The summed E-state index contributed by atoms with van der Waals surface area (Å²) in [5.41, 5.74) is 1.39. The number of amides is 2. The highest BCUT2D eigenvalue weighted by molar-refractivity contribution is 7.87. The van der Waals surface area contributed by atoms with Crippen LogP contribution in [0.1, 0.15) is 31.9 Å². The van der Waals surface area contributed by atoms with E-state index in [0.29, 0.717) is 31.1 Å². The number of hydrogen-bond donors (Lipinski definition) is 1. The van der Waals surface area contributed by atoms with Crippen molar-refractivity contribution < 1.29 is 17.4 Å². The van der Waals surface area contributed by atoms with Gasteiger partial charge in [0.15, 0.2) is 0 Å². The maximum atomic E-state index is 12.6. The van der Waals surface area contributed by atoms with E-state index in [0.717, 1.165) is 5.56 Å². The second-order valence-corrected chi connectivity index (χ2v) is 9.07. The van der Waals surface area contributed by atoms with Gasteiger partial charge in [0.2, 0.25) is 0 Å². The summed E-state index contributed by atoms with van der Waals surface area (Å²) in [6.45, 7) is 9.22. The zero-order valence-corrected chi connectivity index (χ0v) is 18.7. The number of urea groups is 1. The Kier molecular flexibility index (Phi) is 7.93. The van der Waals surface area contributed by atoms with Gasteiger partial charge in [-0.3, -0.25) is 0 Å². The molecule has 2 rings (SSSR count). The summed E-state index contributed by atoms with van der Waals surface area (Å²) in [6.07, 6.45) is 0. The highest BCUT2D eigenvalue weighted by Gasteiger charge is 2.23. The Hall–Kier alpha value is -2.25. The van der Waals surface area contributed by atoms with E-state index in [9.17, 15) is 13.2 Å². The van der Waals surface area contributed by atoms with Crippen molar-refractivity contribution in [2.24, 2.45) is 5.92 Å². The van der Waals surface area contributed by atoms with E-state index in [2.05, 4.69) is 5.32 Å². The number of carbonyl (C=O) groups excluding carboxylic acids is 1. The quantitative estimate of drug-likeness (QED) is 0.611. The SMILES string of the molecule is CCNC(=O)N(Cc1ccc(OS(=O)(=O)c2c(C)cccc2Cl)cc1)CC(C)C. The summed E-state index contributed by atoms with van der Waals surface area (Å²) in [5, 5.41) is 2.93. The zero-order chi connectivity index (χ0) is 21.6. The first-order valence-electron chi connectivity index (χ1n) is 9.45. The number of carbonyl (C=O) groups is 1. The van der Waals surface area contributed by atoms with Crippen molar-refractivity contribution in [3.05, 3.63) is 58.6 Å². The number of benzene rings is 2. The van der Waals surface area contributed by atoms with E-state index < -0.39 is 10.1 Å². The summed E-state index contributed by atoms with van der Waals surface area (Å²) in [4.78, 5) is 13.9. The molecule has 158 valence electrons. The molecule has 0 saturated heterocycles. The minimum atomic E-state index is -4.05. The molecule has 6 nitrogen and oxygen atoms in total. The lowest BCUT2D eigenvalue weighted by Gasteiger charge is -2.25. The molecule has 0 fully saturated rings. The van der Waals surface area contributed by atoms with Crippen molar-refractivity contribution in [3.63, 3.8) is 0 Å². The minimum Gasteiger partial charge on any atom is -0.379 e. The predicted octanol–water partition coefficient (Wildman–Crippen LogP) is 4.60. The van der Waals surface area contributed by atoms with Gasteiger partial charge < -0.3 is 14.4 Å². The largest absolute Gasteiger partial charge is 0.379 e. The van der Waals surface area contributed by atoms with Gasteiger partial charge in [0.25, 0.3) is 0 Å². The second kappa shape index (κ2) is 9.98. The lowest BCUT2D eigenvalue weighted by Crippen LogP contribution is -2.41. The Bertz CT molecular complexity index is 923. The van der Waals surface area contributed by atoms with Gasteiger partial charge in [-0.2, -0.15) is 8.42 Å². The molecule has 1 N–H and O–H groups in total. The van der Waals surface area contributed by atoms with E-state index >= 15 is 0 Å². The molecule has 0 unspecified atom stereocenters. The Morgan fingerprint density at radius 2 is 1.83 bits per heavy atom. The van der Waals surface area contributed by atoms with Crippen LogP contribution in [0.4, 0.5) is 4.79 Å². The van der Waals surface area contributed by atoms with Crippen LogP contribution in [0.25, 0.3) is 0 Å². The third kappa shape index (κ3) is 6.37. The molecule has 0 spiro atoms. The van der Waals surface area contributed by atoms with Crippen LogP contribution in [0.15, 0.2) is 47.4 Å². The molecular weight excluding hydrogens is 412 g/mol. The molecular formula is C21H27ClN2O4S. The fourth-order valence-corrected chi connectivity index (χ4v) is 4.62. The minimum absolute atomic E-state index is 0.0370. The number of halogens is 1. The molecule has 29 heavy (non-hydrogen) atoms. The average molecular weight is 439 g/mol. The number of nitrogens with one attached hydrogen (secondary N) is 1. The molecule has 2 amide bonds. The fraction of sp³-hybridized carbons (Fsp3) is 0.381. The summed E-state index contributed by atoms with van der Waals surface area (Å²) < 4.78 is 30.5. The van der Waals surface area contributed by atoms with Crippen LogP contribution in [0.2, 0.25) is 5.02 Å². The molecule has 0 radical (unpaired) electrons. The van der Waals surface area contributed by atoms with Gasteiger partial charge in [-0.1, -0.05) is 49.7 Å². The van der Waals surface area contributed by atoms with Gasteiger partial charge >= 0.3 is 16.1 Å². The Morgan fingerprint density at radius 3 is 2.38 bits per heavy atom. The maximum Gasteiger partial charge on any atom is 0.340 e. The number of hydrogen-bond acceptors (Lipinski definition) is 4. The van der Waals surface area contributed by atoms with Crippen LogP contribution in [0.5, 0.6) is 5.75 Å². The summed E-state index contributed by atoms with van der Waals surface area (Å²) >= 11 is 6.06. The number of rotatable bonds is 8. The molecule has 0 aliphatic heterocycles. The molecule has 0 aliphatic rings. The summed E-state index contributed by atoms with van der Waals surface area (Å²) in [5.74, 6) is 0.505. The van der Waals surface area contributed by atoms with Crippen molar-refractivity contribution in [1.82, 2.24) is 10.2 Å². The van der Waals surface area contributed by atoms with Crippen molar-refractivity contribution in [2.45, 2.75) is 39.1 Å². The standard InChI is InChI=1S/C21H27ClN2O4S/c1-5-23-21(25)24(13-15(2)3)14-17-9-11-18(12-10-17)28-29(26,27)20-16(4)7-6-8-19(20)22/h6-12,15H,5,13-14H2,1-4H3,(H,23,25). The van der Waals surface area contributed by atoms with Crippen LogP contribution in [-0.2, 0) is 16.7 Å². The highest BCUT2D eigenvalue weighted by atomic mass is 35.5. The smallest absolute Gasteiger partial charge is 0.340 e. The number of aryl methyl sites for hydroxylation is 1. The Balaban J connectivity index is 2.16. The molecule has 0 aliphatic carbocycles. The van der Waals surface area contributed by atoms with Crippen LogP contribution in [0.3, 0.4) is 0 Å². The summed E-state index contributed by atoms with van der Waals surface area (Å²) in [7, 11) is -4.05. The molecule has 0 atom stereocenters. The first kappa shape index (κ1) is 23.0. The van der Waals surface area contributed by atoms with Crippen molar-refractivity contribution in [2.75, 3.05) is 13.1 Å². The van der Waals surface area contributed by atoms with Gasteiger partial charge in [-0.15, -0.1) is 0 Å². The van der Waals surface area contributed by atoms with Gasteiger partial charge in [-0.25, -0.2) is 4.79 Å². The van der Waals surface area contributed by atoms with E-state index in [1.54, 1.807) is 48.2 Å². The monoisotopic (exact) mass is 438 g/mol. The van der Waals surface area contributed by atoms with Gasteiger partial charge in [-0.05, 0) is 49.1 Å². The Morgan fingerprint density at radius 1 is 1.17 bits per heavy atom. The average Bonchev–Trinajstić information content (AvgIpc) is 2.62. The molecule has 0 bridgehead atoms. The highest BCUT2D eigenvalue weighted by Crippen LogP contribution is 2.28. The second-order valence-electron chi connectivity index (χ2n) is 7.18. The van der Waals surface area contributed by atoms with Crippen LogP contribution in [-0.4, -0.2) is 32.4 Å². The topological polar surface area (TPSA) is 75.7 Å². The van der Waals surface area contributed by atoms with Gasteiger partial charge in [0.1, 0.15) is 10.6 Å². The predicted molar refractivity (Wildman–Crippen MR) is 115 cm³/mol. The molecule has 0 saturated carbocycles. The third-order valence-electron chi connectivity index (χ3n) is 4.12. The van der Waals surface area contributed by atoms with E-state index in [1.165, 1.54) is 6.07 Å². The van der Waals surface area contributed by atoms with E-state index in [4.69, 9.17) is 15.8 Å². The Labute approximate surface area is 177 Å². The molecule has 0 heterocycles. The zero-order valence-electron chi connectivity index (χ0n) is 17.1. The first-order chi connectivity index (χ1) is 13.6. The van der Waals surface area contributed by atoms with Crippen LogP contribution < -0.4 is 9.50 Å². The van der Waals surface area contributed by atoms with Crippen molar-refractivity contribution in [1.29, 1.82) is 0 Å². The van der Waals surface area contributed by atoms with Crippen LogP contribution >= 0.6 is 11.6 Å². The van der Waals surface area contributed by atoms with Crippen molar-refractivity contribution >= 4 is 27.8 Å². The molecule has 2 aromatic carbocycles. The lowest BCUT2D eigenvalue weighted by atomic mass is 10.1. The van der Waals surface area contributed by atoms with Crippen molar-refractivity contribution in [3.8, 4) is 5.75 Å². The van der Waals surface area contributed by atoms with Crippen LogP contribution in [0, 0.1) is 12.8 Å². The lowest BCUT2D eigenvalue weighted by molar-refractivity contribution is 0.188. The fourth-order valence-electron chi connectivity index (χ4n) is 2.90. The molecule has 0 aromatic heterocycles. The maximum absolute atomic E-state index is 12.6. The van der Waals surface area contributed by atoms with Gasteiger partial charge in [0, 0.05) is 19.6 Å². The van der Waals surface area contributed by atoms with E-state index in [1.807, 2.05) is 20.8 Å². The molecule has 8 heteroatoms.